The van der Waals surface area contributed by atoms with Crippen LogP contribution >= 0.6 is 0 Å². The quantitative estimate of drug-likeness (QED) is 0.910. The topological polar surface area (TPSA) is 67.3 Å². The molecule has 3 rings (SSSR count). The molecule has 1 fully saturated rings. The van der Waals surface area contributed by atoms with E-state index in [1.807, 2.05) is 6.07 Å². The lowest BCUT2D eigenvalue weighted by atomic mass is 9.73. The van der Waals surface area contributed by atoms with E-state index in [9.17, 15) is 9.59 Å². The fourth-order valence-electron chi connectivity index (χ4n) is 3.50. The summed E-state index contributed by atoms with van der Waals surface area (Å²) < 4.78 is 0. The number of aliphatic carboxylic acids is 1. The Labute approximate surface area is 123 Å². The number of Topliss-reactive ketones (excluding diaryl/α,β-unsaturated/α-hetero) is 1. The van der Waals surface area contributed by atoms with Crippen LogP contribution < -0.4 is 10.6 Å². The average molecular weight is 285 g/mol. The van der Waals surface area contributed by atoms with Crippen LogP contribution in [0, 0.1) is 5.92 Å². The molecule has 0 aliphatic heterocycles. The molecule has 1 saturated carbocycles. The van der Waals surface area contributed by atoms with Crippen LogP contribution in [0.4, 0.5) is 0 Å². The maximum absolute atomic E-state index is 12.3. The number of hydrogen-bond donors (Lipinski definition) is 1. The first-order valence-corrected chi connectivity index (χ1v) is 7.56. The van der Waals surface area contributed by atoms with Gasteiger partial charge in [-0.2, -0.15) is 0 Å². The summed E-state index contributed by atoms with van der Waals surface area (Å²) in [6.07, 6.45) is 10.2. The van der Waals surface area contributed by atoms with Crippen molar-refractivity contribution in [1.82, 2.24) is 4.98 Å². The molecular weight excluding hydrogens is 266 g/mol. The number of hydrogen-bond acceptors (Lipinski definition) is 3. The average Bonchev–Trinajstić information content (AvgIpc) is 2.46. The van der Waals surface area contributed by atoms with Crippen molar-refractivity contribution in [2.45, 2.75) is 44.4 Å². The Bertz CT molecular complexity index is 692. The summed E-state index contributed by atoms with van der Waals surface area (Å²) in [4.78, 5) is 27.8. The molecule has 4 nitrogen and oxygen atoms in total. The first-order chi connectivity index (χ1) is 10.1. The van der Waals surface area contributed by atoms with Crippen molar-refractivity contribution in [3.8, 4) is 0 Å². The van der Waals surface area contributed by atoms with Crippen molar-refractivity contribution in [2.24, 2.45) is 5.92 Å². The van der Waals surface area contributed by atoms with Crippen LogP contribution in [0.3, 0.4) is 0 Å². The molecule has 1 heterocycles. The van der Waals surface area contributed by atoms with E-state index in [1.165, 1.54) is 0 Å². The largest absolute Gasteiger partial charge is 0.481 e. The van der Waals surface area contributed by atoms with E-state index in [0.29, 0.717) is 6.42 Å². The second-order valence-electron chi connectivity index (χ2n) is 5.92. The van der Waals surface area contributed by atoms with E-state index in [0.717, 1.165) is 41.8 Å². The monoisotopic (exact) mass is 285 g/mol. The Kier molecular flexibility index (Phi) is 3.86. The van der Waals surface area contributed by atoms with Gasteiger partial charge in [0.2, 0.25) is 0 Å². The lowest BCUT2D eigenvalue weighted by molar-refractivity contribution is -0.139. The Morgan fingerprint density at radius 2 is 2.14 bits per heavy atom. The summed E-state index contributed by atoms with van der Waals surface area (Å²) in [5, 5.41) is 11.1. The zero-order chi connectivity index (χ0) is 14.8. The summed E-state index contributed by atoms with van der Waals surface area (Å²) in [5.74, 6) is -1.07. The molecule has 4 heteroatoms. The second-order valence-corrected chi connectivity index (χ2v) is 5.92. The van der Waals surface area contributed by atoms with Gasteiger partial charge in [-0.05, 0) is 48.4 Å². The van der Waals surface area contributed by atoms with Crippen LogP contribution in [0.25, 0.3) is 12.2 Å². The van der Waals surface area contributed by atoms with Gasteiger partial charge < -0.3 is 5.11 Å². The normalized spacial score (nSPS) is 24.7. The smallest absolute Gasteiger partial charge is 0.303 e. The summed E-state index contributed by atoms with van der Waals surface area (Å²) in [6, 6.07) is 2.03. The fourth-order valence-corrected chi connectivity index (χ4v) is 3.50. The minimum absolute atomic E-state index is 0.0589. The van der Waals surface area contributed by atoms with E-state index < -0.39 is 5.97 Å². The van der Waals surface area contributed by atoms with Crippen LogP contribution in [0.2, 0.25) is 0 Å². The molecule has 0 aromatic carbocycles. The molecule has 1 aromatic rings. The summed E-state index contributed by atoms with van der Waals surface area (Å²) >= 11 is 0. The Balaban J connectivity index is 1.99. The number of rotatable bonds is 3. The number of carbonyl (C=O) groups is 2. The highest BCUT2D eigenvalue weighted by Gasteiger charge is 2.34. The lowest BCUT2D eigenvalue weighted by Crippen LogP contribution is -2.34. The molecule has 110 valence electrons. The SMILES string of the molecule is O=C(O)CC1CCCC(=O)[C@H]1c1cnc2c(c1)=CCCC=2. The molecule has 2 atom stereocenters. The summed E-state index contributed by atoms with van der Waals surface area (Å²) in [7, 11) is 0. The van der Waals surface area contributed by atoms with Crippen molar-refractivity contribution in [3.63, 3.8) is 0 Å². The first-order valence-electron chi connectivity index (χ1n) is 7.56. The molecule has 0 amide bonds. The number of aromatic nitrogens is 1. The Morgan fingerprint density at radius 3 is 2.95 bits per heavy atom. The van der Waals surface area contributed by atoms with Crippen LogP contribution in [0.5, 0.6) is 0 Å². The van der Waals surface area contributed by atoms with Gasteiger partial charge in [-0.3, -0.25) is 14.6 Å². The van der Waals surface area contributed by atoms with Gasteiger partial charge in [-0.15, -0.1) is 0 Å². The summed E-state index contributed by atoms with van der Waals surface area (Å²) in [6.45, 7) is 0. The van der Waals surface area contributed by atoms with Crippen molar-refractivity contribution >= 4 is 23.9 Å². The molecule has 1 N–H and O–H groups in total. The number of pyridine rings is 1. The first kappa shape index (κ1) is 14.0. The maximum atomic E-state index is 12.3. The van der Waals surface area contributed by atoms with E-state index in [4.69, 9.17) is 5.11 Å². The lowest BCUT2D eigenvalue weighted by Gasteiger charge is -2.29. The molecular formula is C17H19NO3. The van der Waals surface area contributed by atoms with Gasteiger partial charge in [0.25, 0.3) is 0 Å². The highest BCUT2D eigenvalue weighted by atomic mass is 16.4. The van der Waals surface area contributed by atoms with Gasteiger partial charge in [0, 0.05) is 25.0 Å². The van der Waals surface area contributed by atoms with Gasteiger partial charge in [0.1, 0.15) is 5.78 Å². The predicted octanol–water partition coefficient (Wildman–Crippen LogP) is 1.36. The number of nitrogens with zero attached hydrogens (tertiary/aromatic N) is 1. The van der Waals surface area contributed by atoms with E-state index >= 15 is 0 Å². The molecule has 2 aliphatic carbocycles. The second kappa shape index (κ2) is 5.80. The van der Waals surface area contributed by atoms with Crippen LogP contribution in [0.15, 0.2) is 12.3 Å². The zero-order valence-electron chi connectivity index (χ0n) is 11.9. The molecule has 0 bridgehead atoms. The number of carboxylic acid groups (broad SMARTS) is 1. The van der Waals surface area contributed by atoms with Gasteiger partial charge >= 0.3 is 5.97 Å². The number of carbonyl (C=O) groups excluding carboxylic acids is 1. The van der Waals surface area contributed by atoms with E-state index in [1.54, 1.807) is 6.20 Å². The number of carboxylic acids is 1. The van der Waals surface area contributed by atoms with Gasteiger partial charge in [-0.25, -0.2) is 0 Å². The van der Waals surface area contributed by atoms with Crippen molar-refractivity contribution < 1.29 is 14.7 Å². The molecule has 1 aromatic heterocycles. The number of ketones is 1. The minimum atomic E-state index is -0.828. The Hall–Kier alpha value is -1.97. The van der Waals surface area contributed by atoms with Crippen molar-refractivity contribution in [2.75, 3.05) is 0 Å². The van der Waals surface area contributed by atoms with Crippen molar-refractivity contribution in [1.29, 1.82) is 0 Å². The zero-order valence-corrected chi connectivity index (χ0v) is 11.9. The molecule has 0 spiro atoms. The minimum Gasteiger partial charge on any atom is -0.481 e. The fraction of sp³-hybridized carbons (Fsp3) is 0.471. The van der Waals surface area contributed by atoms with Gasteiger partial charge in [-0.1, -0.05) is 12.2 Å². The van der Waals surface area contributed by atoms with E-state index in [-0.39, 0.29) is 24.0 Å². The van der Waals surface area contributed by atoms with Crippen LogP contribution in [0.1, 0.15) is 50.0 Å². The van der Waals surface area contributed by atoms with Gasteiger partial charge in [0.05, 0.1) is 5.35 Å². The molecule has 2 aliphatic rings. The number of fused-ring (bicyclic) bond motifs is 1. The maximum Gasteiger partial charge on any atom is 0.303 e. The van der Waals surface area contributed by atoms with Crippen molar-refractivity contribution in [3.05, 3.63) is 28.4 Å². The Morgan fingerprint density at radius 1 is 1.33 bits per heavy atom. The van der Waals surface area contributed by atoms with Crippen LogP contribution in [-0.2, 0) is 9.59 Å². The summed E-state index contributed by atoms with van der Waals surface area (Å²) in [5.41, 5.74) is 0.885. The third kappa shape index (κ3) is 2.89. The predicted molar refractivity (Wildman–Crippen MR) is 79.0 cm³/mol. The molecule has 1 unspecified atom stereocenters. The molecule has 0 radical (unpaired) electrons. The third-order valence-electron chi connectivity index (χ3n) is 4.45. The van der Waals surface area contributed by atoms with Crippen LogP contribution in [-0.4, -0.2) is 21.8 Å². The third-order valence-corrected chi connectivity index (χ3v) is 4.45. The van der Waals surface area contributed by atoms with E-state index in [2.05, 4.69) is 17.1 Å². The highest BCUT2D eigenvalue weighted by molar-refractivity contribution is 5.87. The molecule has 21 heavy (non-hydrogen) atoms. The molecule has 0 saturated heterocycles. The standard InChI is InChI=1S/C17H19NO3/c19-15-7-3-5-12(9-16(20)21)17(15)13-8-11-4-1-2-6-14(11)18-10-13/h4,6,8,10,12,17H,1-3,5,7,9H2,(H,20,21)/t12?,17-/m1/s1. The highest BCUT2D eigenvalue weighted by Crippen LogP contribution is 2.36. The van der Waals surface area contributed by atoms with Gasteiger partial charge in [0.15, 0.2) is 0 Å².